The second kappa shape index (κ2) is 6.00. The van der Waals surface area contributed by atoms with E-state index in [2.05, 4.69) is 5.32 Å². The lowest BCUT2D eigenvalue weighted by Crippen LogP contribution is -2.47. The topological polar surface area (TPSA) is 119 Å². The van der Waals surface area contributed by atoms with Crippen LogP contribution in [-0.2, 0) is 15.1 Å². The maximum Gasteiger partial charge on any atom is 0.408 e. The van der Waals surface area contributed by atoms with Gasteiger partial charge < -0.3 is 20.0 Å². The van der Waals surface area contributed by atoms with Crippen molar-refractivity contribution in [3.63, 3.8) is 0 Å². The number of alkyl carbamates (subject to hydrolysis) is 1. The predicted octanol–water partition coefficient (Wildman–Crippen LogP) is 2.24. The monoisotopic (exact) mass is 310 g/mol. The molecule has 0 aliphatic carbocycles. The van der Waals surface area contributed by atoms with Gasteiger partial charge in [0.2, 0.25) is 0 Å². The van der Waals surface area contributed by atoms with Gasteiger partial charge in [-0.25, -0.2) is 4.79 Å². The van der Waals surface area contributed by atoms with E-state index in [0.717, 1.165) is 18.2 Å². The molecule has 0 aromatic heterocycles. The Balaban J connectivity index is 3.24. The van der Waals surface area contributed by atoms with Crippen molar-refractivity contribution in [2.75, 3.05) is 0 Å². The van der Waals surface area contributed by atoms with Gasteiger partial charge in [-0.3, -0.25) is 10.1 Å². The van der Waals surface area contributed by atoms with Crippen LogP contribution in [0.1, 0.15) is 33.3 Å². The standard InChI is InChI=1S/C14H18N2O6/c1-13(2,3)22-12(19)15-14(4,8-17)10-7-9(18)5-6-11(10)16(20)21/h5-8,18H,1-4H3,(H,15,19). The second-order valence-corrected chi connectivity index (χ2v) is 5.91. The Morgan fingerprint density at radius 3 is 2.41 bits per heavy atom. The smallest absolute Gasteiger partial charge is 0.408 e. The Morgan fingerprint density at radius 2 is 1.95 bits per heavy atom. The Bertz CT molecular complexity index is 608. The van der Waals surface area contributed by atoms with Gasteiger partial charge in [-0.05, 0) is 39.8 Å². The second-order valence-electron chi connectivity index (χ2n) is 5.91. The molecule has 0 saturated carbocycles. The largest absolute Gasteiger partial charge is 0.508 e. The van der Waals surface area contributed by atoms with Crippen LogP contribution < -0.4 is 5.32 Å². The lowest BCUT2D eigenvalue weighted by Gasteiger charge is -2.27. The molecule has 8 nitrogen and oxygen atoms in total. The quantitative estimate of drug-likeness (QED) is 0.500. The summed E-state index contributed by atoms with van der Waals surface area (Å²) in [4.78, 5) is 33.7. The van der Waals surface area contributed by atoms with Crippen molar-refractivity contribution in [3.05, 3.63) is 33.9 Å². The summed E-state index contributed by atoms with van der Waals surface area (Å²) in [5.74, 6) is -0.264. The number of carbonyl (C=O) groups excluding carboxylic acids is 2. The number of hydrogen-bond donors (Lipinski definition) is 2. The van der Waals surface area contributed by atoms with Crippen molar-refractivity contribution in [3.8, 4) is 5.75 Å². The number of ether oxygens (including phenoxy) is 1. The molecule has 1 aromatic carbocycles. The maximum absolute atomic E-state index is 11.8. The number of phenolic OH excluding ortho intramolecular Hbond substituents is 1. The number of phenols is 1. The van der Waals surface area contributed by atoms with Gasteiger partial charge >= 0.3 is 6.09 Å². The zero-order valence-corrected chi connectivity index (χ0v) is 12.7. The molecule has 0 fully saturated rings. The van der Waals surface area contributed by atoms with Crippen LogP contribution in [0.5, 0.6) is 5.75 Å². The third-order valence-corrected chi connectivity index (χ3v) is 2.73. The molecule has 2 N–H and O–H groups in total. The number of carbonyl (C=O) groups is 2. The van der Waals surface area contributed by atoms with E-state index in [1.807, 2.05) is 0 Å². The molecular weight excluding hydrogens is 292 g/mol. The van der Waals surface area contributed by atoms with Gasteiger partial charge in [0.05, 0.1) is 10.5 Å². The third-order valence-electron chi connectivity index (χ3n) is 2.73. The van der Waals surface area contributed by atoms with E-state index < -0.39 is 27.8 Å². The zero-order chi connectivity index (χ0) is 17.1. The van der Waals surface area contributed by atoms with E-state index in [4.69, 9.17) is 4.74 Å². The number of nitro groups is 1. The van der Waals surface area contributed by atoms with Gasteiger partial charge in [0.1, 0.15) is 23.2 Å². The number of nitrogens with zero attached hydrogens (tertiary/aromatic N) is 1. The Morgan fingerprint density at radius 1 is 1.36 bits per heavy atom. The molecule has 0 bridgehead atoms. The number of nitrogens with one attached hydrogen (secondary N) is 1. The highest BCUT2D eigenvalue weighted by Crippen LogP contribution is 2.32. The first-order valence-electron chi connectivity index (χ1n) is 6.44. The number of hydrogen-bond acceptors (Lipinski definition) is 6. The van der Waals surface area contributed by atoms with Crippen LogP contribution in [0.2, 0.25) is 0 Å². The fourth-order valence-electron chi connectivity index (χ4n) is 1.78. The van der Waals surface area contributed by atoms with Crippen LogP contribution in [0.3, 0.4) is 0 Å². The Labute approximate surface area is 127 Å². The fraction of sp³-hybridized carbons (Fsp3) is 0.429. The summed E-state index contributed by atoms with van der Waals surface area (Å²) < 4.78 is 5.05. The van der Waals surface area contributed by atoms with Crippen LogP contribution in [-0.4, -0.2) is 28.0 Å². The molecule has 1 aromatic rings. The first-order chi connectivity index (χ1) is 9.98. The summed E-state index contributed by atoms with van der Waals surface area (Å²) in [5.41, 5.74) is -3.05. The first-order valence-corrected chi connectivity index (χ1v) is 6.44. The molecule has 0 saturated heterocycles. The van der Waals surface area contributed by atoms with E-state index in [1.54, 1.807) is 20.8 Å². The summed E-state index contributed by atoms with van der Waals surface area (Å²) in [5, 5.41) is 22.9. The van der Waals surface area contributed by atoms with E-state index in [0.29, 0.717) is 6.29 Å². The third kappa shape index (κ3) is 4.18. The van der Waals surface area contributed by atoms with Gasteiger partial charge in [0.25, 0.3) is 5.69 Å². The number of benzene rings is 1. The lowest BCUT2D eigenvalue weighted by atomic mass is 9.92. The minimum Gasteiger partial charge on any atom is -0.508 e. The van der Waals surface area contributed by atoms with Crippen molar-refractivity contribution < 1.29 is 24.4 Å². The SMILES string of the molecule is CC(C)(C)OC(=O)NC(C)(C=O)c1cc(O)ccc1[N+](=O)[O-]. The number of amides is 1. The Hall–Kier alpha value is -2.64. The minimum atomic E-state index is -1.72. The van der Waals surface area contributed by atoms with Crippen molar-refractivity contribution in [2.24, 2.45) is 0 Å². The number of rotatable bonds is 4. The van der Waals surface area contributed by atoms with Crippen LogP contribution in [0.4, 0.5) is 10.5 Å². The zero-order valence-electron chi connectivity index (χ0n) is 12.7. The van der Waals surface area contributed by atoms with Gasteiger partial charge in [-0.1, -0.05) is 0 Å². The molecule has 1 unspecified atom stereocenters. The number of nitro benzene ring substituents is 1. The highest BCUT2D eigenvalue weighted by Gasteiger charge is 2.36. The average molecular weight is 310 g/mol. The highest BCUT2D eigenvalue weighted by molar-refractivity contribution is 5.79. The molecule has 0 spiro atoms. The van der Waals surface area contributed by atoms with Crippen molar-refractivity contribution >= 4 is 18.1 Å². The summed E-state index contributed by atoms with van der Waals surface area (Å²) in [7, 11) is 0. The molecule has 0 aliphatic heterocycles. The van der Waals surface area contributed by atoms with E-state index in [9.17, 15) is 24.8 Å². The van der Waals surface area contributed by atoms with Crippen LogP contribution in [0, 0.1) is 10.1 Å². The number of aldehydes is 1. The van der Waals surface area contributed by atoms with Crippen molar-refractivity contribution in [1.82, 2.24) is 5.32 Å². The average Bonchev–Trinajstić information content (AvgIpc) is 2.35. The molecule has 0 heterocycles. The fourth-order valence-corrected chi connectivity index (χ4v) is 1.78. The minimum absolute atomic E-state index is 0.140. The summed E-state index contributed by atoms with van der Waals surface area (Å²) in [6, 6.07) is 3.24. The van der Waals surface area contributed by atoms with E-state index in [-0.39, 0.29) is 11.3 Å². The number of aromatic hydroxyl groups is 1. The normalized spacial score (nSPS) is 13.8. The maximum atomic E-state index is 11.8. The molecular formula is C14H18N2O6. The van der Waals surface area contributed by atoms with E-state index >= 15 is 0 Å². The molecule has 1 amide bonds. The first kappa shape index (κ1) is 17.4. The van der Waals surface area contributed by atoms with E-state index in [1.165, 1.54) is 6.92 Å². The van der Waals surface area contributed by atoms with Crippen LogP contribution in [0.25, 0.3) is 0 Å². The molecule has 1 atom stereocenters. The summed E-state index contributed by atoms with van der Waals surface area (Å²) in [6.07, 6.45) is -0.557. The predicted molar refractivity (Wildman–Crippen MR) is 77.5 cm³/mol. The molecule has 22 heavy (non-hydrogen) atoms. The molecule has 120 valence electrons. The van der Waals surface area contributed by atoms with Gasteiger partial charge in [0.15, 0.2) is 0 Å². The molecule has 1 rings (SSSR count). The van der Waals surface area contributed by atoms with Gasteiger partial charge in [0, 0.05) is 6.07 Å². The van der Waals surface area contributed by atoms with Crippen LogP contribution in [0.15, 0.2) is 18.2 Å². The Kier molecular flexibility index (Phi) is 4.75. The van der Waals surface area contributed by atoms with Gasteiger partial charge in [-0.15, -0.1) is 0 Å². The molecule has 0 radical (unpaired) electrons. The van der Waals surface area contributed by atoms with Crippen molar-refractivity contribution in [2.45, 2.75) is 38.8 Å². The summed E-state index contributed by atoms with van der Waals surface area (Å²) in [6.45, 7) is 6.20. The molecule has 8 heteroatoms. The van der Waals surface area contributed by atoms with Crippen LogP contribution >= 0.6 is 0 Å². The van der Waals surface area contributed by atoms with Gasteiger partial charge in [-0.2, -0.15) is 0 Å². The molecule has 0 aliphatic rings. The van der Waals surface area contributed by atoms with Crippen molar-refractivity contribution in [1.29, 1.82) is 0 Å². The summed E-state index contributed by atoms with van der Waals surface area (Å²) >= 11 is 0. The highest BCUT2D eigenvalue weighted by atomic mass is 16.6. The lowest BCUT2D eigenvalue weighted by molar-refractivity contribution is -0.386.